The third-order valence-corrected chi connectivity index (χ3v) is 4.15. The van der Waals surface area contributed by atoms with Crippen LogP contribution in [0.1, 0.15) is 5.76 Å². The van der Waals surface area contributed by atoms with Crippen molar-refractivity contribution in [1.82, 2.24) is 10.1 Å². The molecule has 1 fully saturated rings. The average Bonchev–Trinajstić information content (AvgIpc) is 2.93. The number of carbonyl (C=O) groups is 1. The van der Waals surface area contributed by atoms with Crippen molar-refractivity contribution in [3.63, 3.8) is 0 Å². The van der Waals surface area contributed by atoms with Crippen LogP contribution in [0.4, 0.5) is 16.3 Å². The van der Waals surface area contributed by atoms with Gasteiger partial charge in [0.05, 0.1) is 0 Å². The number of nitrogens with zero attached hydrogens (tertiary/aromatic N) is 3. The molecule has 0 radical (unpaired) electrons. The van der Waals surface area contributed by atoms with Gasteiger partial charge in [-0.2, -0.15) is 0 Å². The summed E-state index contributed by atoms with van der Waals surface area (Å²) in [7, 11) is 0. The third-order valence-electron chi connectivity index (χ3n) is 3.62. The van der Waals surface area contributed by atoms with Gasteiger partial charge in [0, 0.05) is 42.4 Å². The molecular formula is C15H17BrN4O2. The van der Waals surface area contributed by atoms with E-state index in [4.69, 9.17) is 4.52 Å². The molecule has 2 amide bonds. The molecule has 0 unspecified atom stereocenters. The number of benzene rings is 1. The highest BCUT2D eigenvalue weighted by molar-refractivity contribution is 9.10. The molecular weight excluding hydrogens is 348 g/mol. The first-order valence-electron chi connectivity index (χ1n) is 7.11. The summed E-state index contributed by atoms with van der Waals surface area (Å²) in [6.45, 7) is 4.77. The summed E-state index contributed by atoms with van der Waals surface area (Å²) in [6, 6.07) is 9.79. The Morgan fingerprint density at radius 1 is 1.23 bits per heavy atom. The fourth-order valence-corrected chi connectivity index (χ4v) is 2.70. The summed E-state index contributed by atoms with van der Waals surface area (Å²) in [5.74, 6) is 1.13. The molecule has 0 atom stereocenters. The van der Waals surface area contributed by atoms with Gasteiger partial charge < -0.3 is 14.3 Å². The molecule has 116 valence electrons. The van der Waals surface area contributed by atoms with Crippen LogP contribution in [0.25, 0.3) is 0 Å². The van der Waals surface area contributed by atoms with Crippen molar-refractivity contribution in [3.05, 3.63) is 40.6 Å². The van der Waals surface area contributed by atoms with Crippen LogP contribution in [0.2, 0.25) is 0 Å². The highest BCUT2D eigenvalue weighted by Gasteiger charge is 2.21. The second-order valence-electron chi connectivity index (χ2n) is 5.20. The van der Waals surface area contributed by atoms with Crippen molar-refractivity contribution in [3.8, 4) is 0 Å². The van der Waals surface area contributed by atoms with Crippen LogP contribution in [0, 0.1) is 6.92 Å². The minimum atomic E-state index is -0.135. The van der Waals surface area contributed by atoms with Crippen LogP contribution in [0.5, 0.6) is 0 Å². The molecule has 3 rings (SSSR count). The first kappa shape index (κ1) is 14.9. The number of urea groups is 1. The highest BCUT2D eigenvalue weighted by Crippen LogP contribution is 2.20. The fourth-order valence-electron chi connectivity index (χ4n) is 2.43. The van der Waals surface area contributed by atoms with E-state index in [9.17, 15) is 4.79 Å². The monoisotopic (exact) mass is 364 g/mol. The van der Waals surface area contributed by atoms with Gasteiger partial charge in [-0.25, -0.2) is 4.79 Å². The number of aryl methyl sites for hydroxylation is 1. The summed E-state index contributed by atoms with van der Waals surface area (Å²) in [5.41, 5.74) is 1.18. The Balaban J connectivity index is 1.54. The number of aromatic nitrogens is 1. The SMILES string of the molecule is Cc1cc(NC(=O)N2CCN(c3ccc(Br)cc3)CC2)no1. The van der Waals surface area contributed by atoms with Crippen LogP contribution in [-0.2, 0) is 0 Å². The molecule has 0 saturated carbocycles. The molecule has 6 nitrogen and oxygen atoms in total. The highest BCUT2D eigenvalue weighted by atomic mass is 79.9. The molecule has 2 aromatic rings. The van der Waals surface area contributed by atoms with Gasteiger partial charge >= 0.3 is 6.03 Å². The molecule has 1 aliphatic rings. The van der Waals surface area contributed by atoms with Gasteiger partial charge in [-0.3, -0.25) is 5.32 Å². The van der Waals surface area contributed by atoms with Crippen molar-refractivity contribution in [1.29, 1.82) is 0 Å². The van der Waals surface area contributed by atoms with E-state index < -0.39 is 0 Å². The molecule has 0 spiro atoms. The largest absolute Gasteiger partial charge is 0.368 e. The van der Waals surface area contributed by atoms with Gasteiger partial charge in [0.25, 0.3) is 0 Å². The summed E-state index contributed by atoms with van der Waals surface area (Å²) in [5, 5.41) is 6.52. The van der Waals surface area contributed by atoms with Gasteiger partial charge in [0.1, 0.15) is 5.76 Å². The number of amides is 2. The number of hydrogen-bond acceptors (Lipinski definition) is 4. The zero-order valence-corrected chi connectivity index (χ0v) is 13.8. The van der Waals surface area contributed by atoms with Gasteiger partial charge in [-0.15, -0.1) is 0 Å². The van der Waals surface area contributed by atoms with Crippen molar-refractivity contribution in [2.75, 3.05) is 36.4 Å². The first-order chi connectivity index (χ1) is 10.6. The third kappa shape index (κ3) is 3.41. The maximum atomic E-state index is 12.2. The number of anilines is 2. The van der Waals surface area contributed by atoms with Crippen LogP contribution in [0.15, 0.2) is 39.3 Å². The fraction of sp³-hybridized carbons (Fsp3) is 0.333. The molecule has 1 aliphatic heterocycles. The van der Waals surface area contributed by atoms with E-state index in [-0.39, 0.29) is 6.03 Å². The van der Waals surface area contributed by atoms with E-state index in [0.717, 1.165) is 17.6 Å². The topological polar surface area (TPSA) is 61.6 Å². The smallest absolute Gasteiger partial charge is 0.323 e. The number of hydrogen-bond donors (Lipinski definition) is 1. The standard InChI is InChI=1S/C15H17BrN4O2/c1-11-10-14(18-22-11)17-15(21)20-8-6-19(7-9-20)13-4-2-12(16)3-5-13/h2-5,10H,6-9H2,1H3,(H,17,18,21). The Morgan fingerprint density at radius 3 is 2.50 bits per heavy atom. The summed E-state index contributed by atoms with van der Waals surface area (Å²) >= 11 is 3.44. The minimum absolute atomic E-state index is 0.135. The Morgan fingerprint density at radius 2 is 1.91 bits per heavy atom. The lowest BCUT2D eigenvalue weighted by Gasteiger charge is -2.35. The van der Waals surface area contributed by atoms with Crippen molar-refractivity contribution < 1.29 is 9.32 Å². The number of piperazine rings is 1. The number of nitrogens with one attached hydrogen (secondary N) is 1. The predicted molar refractivity (Wildman–Crippen MR) is 88.2 cm³/mol. The second-order valence-corrected chi connectivity index (χ2v) is 6.12. The first-order valence-corrected chi connectivity index (χ1v) is 7.91. The Hall–Kier alpha value is -2.02. The summed E-state index contributed by atoms with van der Waals surface area (Å²) in [4.78, 5) is 16.2. The van der Waals surface area contributed by atoms with E-state index in [1.54, 1.807) is 17.9 Å². The van der Waals surface area contributed by atoms with E-state index in [2.05, 4.69) is 43.4 Å². The second kappa shape index (κ2) is 6.39. The van der Waals surface area contributed by atoms with Crippen molar-refractivity contribution >= 4 is 33.5 Å². The molecule has 2 heterocycles. The van der Waals surface area contributed by atoms with Gasteiger partial charge in [-0.05, 0) is 31.2 Å². The van der Waals surface area contributed by atoms with Crippen LogP contribution >= 0.6 is 15.9 Å². The minimum Gasteiger partial charge on any atom is -0.368 e. The summed E-state index contributed by atoms with van der Waals surface area (Å²) in [6.07, 6.45) is 0. The lowest BCUT2D eigenvalue weighted by Crippen LogP contribution is -2.50. The van der Waals surface area contributed by atoms with E-state index in [0.29, 0.717) is 24.7 Å². The molecule has 1 aromatic heterocycles. The predicted octanol–water partition coefficient (Wildman–Crippen LogP) is 3.10. The van der Waals surface area contributed by atoms with Crippen molar-refractivity contribution in [2.24, 2.45) is 0 Å². The van der Waals surface area contributed by atoms with E-state index in [1.165, 1.54) is 5.69 Å². The number of halogens is 1. The van der Waals surface area contributed by atoms with Crippen LogP contribution in [0.3, 0.4) is 0 Å². The number of rotatable bonds is 2. The lowest BCUT2D eigenvalue weighted by molar-refractivity contribution is 0.208. The maximum Gasteiger partial charge on any atom is 0.323 e. The normalized spacial score (nSPS) is 15.0. The van der Waals surface area contributed by atoms with Gasteiger partial charge in [-0.1, -0.05) is 21.1 Å². The van der Waals surface area contributed by atoms with E-state index >= 15 is 0 Å². The molecule has 7 heteroatoms. The number of carbonyl (C=O) groups excluding carboxylic acids is 1. The van der Waals surface area contributed by atoms with Gasteiger partial charge in [0.2, 0.25) is 0 Å². The zero-order valence-electron chi connectivity index (χ0n) is 12.3. The Bertz CT molecular complexity index is 648. The summed E-state index contributed by atoms with van der Waals surface area (Å²) < 4.78 is 6.01. The molecule has 1 aromatic carbocycles. The molecule has 0 bridgehead atoms. The quantitative estimate of drug-likeness (QED) is 0.889. The van der Waals surface area contributed by atoms with Crippen LogP contribution < -0.4 is 10.2 Å². The Kier molecular flexibility index (Phi) is 4.33. The molecule has 1 N–H and O–H groups in total. The molecule has 0 aliphatic carbocycles. The van der Waals surface area contributed by atoms with Gasteiger partial charge in [0.15, 0.2) is 5.82 Å². The van der Waals surface area contributed by atoms with Crippen molar-refractivity contribution in [2.45, 2.75) is 6.92 Å². The lowest BCUT2D eigenvalue weighted by atomic mass is 10.2. The Labute approximate surface area is 137 Å². The van der Waals surface area contributed by atoms with Crippen LogP contribution in [-0.4, -0.2) is 42.3 Å². The zero-order chi connectivity index (χ0) is 15.5. The molecule has 22 heavy (non-hydrogen) atoms. The maximum absolute atomic E-state index is 12.2. The van der Waals surface area contributed by atoms with E-state index in [1.807, 2.05) is 12.1 Å². The molecule has 1 saturated heterocycles. The average molecular weight is 365 g/mol.